The van der Waals surface area contributed by atoms with E-state index in [2.05, 4.69) is 16.8 Å². The van der Waals surface area contributed by atoms with Crippen molar-refractivity contribution in [1.82, 2.24) is 9.88 Å². The quantitative estimate of drug-likeness (QED) is 0.885. The molecule has 0 bridgehead atoms. The summed E-state index contributed by atoms with van der Waals surface area (Å²) in [5, 5.41) is 9.87. The van der Waals surface area contributed by atoms with Crippen molar-refractivity contribution >= 4 is 11.6 Å². The van der Waals surface area contributed by atoms with Gasteiger partial charge in [-0.25, -0.2) is 0 Å². The second-order valence-electron chi connectivity index (χ2n) is 4.56. The van der Waals surface area contributed by atoms with E-state index in [0.29, 0.717) is 24.2 Å². The number of halogens is 1. The molecule has 1 aliphatic rings. The fourth-order valence-electron chi connectivity index (χ4n) is 2.42. The summed E-state index contributed by atoms with van der Waals surface area (Å²) in [6.07, 6.45) is 2.93. The van der Waals surface area contributed by atoms with E-state index < -0.39 is 0 Å². The molecular weight excluding hydrogens is 252 g/mol. The van der Waals surface area contributed by atoms with Crippen molar-refractivity contribution < 1.29 is 9.84 Å². The topological polar surface area (TPSA) is 45.6 Å². The molecule has 1 fully saturated rings. The van der Waals surface area contributed by atoms with Gasteiger partial charge in [0, 0.05) is 31.9 Å². The second kappa shape index (κ2) is 6.48. The lowest BCUT2D eigenvalue weighted by atomic mass is 10.1. The highest BCUT2D eigenvalue weighted by molar-refractivity contribution is 6.31. The van der Waals surface area contributed by atoms with Gasteiger partial charge in [0.15, 0.2) is 0 Å². The molecular formula is C13H19ClN2O2. The van der Waals surface area contributed by atoms with Crippen LogP contribution in [0, 0.1) is 0 Å². The molecule has 0 saturated carbocycles. The number of aliphatic hydroxyl groups excluding tert-OH is 1. The largest absolute Gasteiger partial charge is 0.395 e. The molecule has 100 valence electrons. The van der Waals surface area contributed by atoms with Gasteiger partial charge in [0.1, 0.15) is 0 Å². The highest BCUT2D eigenvalue weighted by Crippen LogP contribution is 2.22. The number of aliphatic hydroxyl groups is 1. The van der Waals surface area contributed by atoms with E-state index in [9.17, 15) is 5.11 Å². The maximum Gasteiger partial charge on any atom is 0.0729 e. The molecule has 1 aromatic heterocycles. The third-order valence-electron chi connectivity index (χ3n) is 3.38. The second-order valence-corrected chi connectivity index (χ2v) is 4.97. The molecule has 0 aliphatic carbocycles. The minimum atomic E-state index is 0.133. The monoisotopic (exact) mass is 270 g/mol. The van der Waals surface area contributed by atoms with Crippen LogP contribution in [-0.2, 0) is 11.3 Å². The van der Waals surface area contributed by atoms with Crippen LogP contribution in [0.3, 0.4) is 0 Å². The van der Waals surface area contributed by atoms with Crippen LogP contribution in [0.15, 0.2) is 18.3 Å². The first kappa shape index (κ1) is 13.7. The molecule has 2 unspecified atom stereocenters. The van der Waals surface area contributed by atoms with Crippen LogP contribution < -0.4 is 0 Å². The van der Waals surface area contributed by atoms with E-state index in [1.165, 1.54) is 0 Å². The van der Waals surface area contributed by atoms with Crippen molar-refractivity contribution in [3.8, 4) is 0 Å². The van der Waals surface area contributed by atoms with Crippen LogP contribution in [0.5, 0.6) is 0 Å². The normalized spacial score (nSPS) is 23.8. The van der Waals surface area contributed by atoms with Crippen molar-refractivity contribution in [2.75, 3.05) is 19.8 Å². The Hall–Kier alpha value is -0.680. The van der Waals surface area contributed by atoms with Crippen LogP contribution >= 0.6 is 11.6 Å². The number of hydrogen-bond acceptors (Lipinski definition) is 4. The smallest absolute Gasteiger partial charge is 0.0729 e. The molecule has 0 amide bonds. The van der Waals surface area contributed by atoms with Gasteiger partial charge in [0.25, 0.3) is 0 Å². The maximum absolute atomic E-state index is 9.19. The Labute approximate surface area is 113 Å². The van der Waals surface area contributed by atoms with Gasteiger partial charge in [0.05, 0.1) is 23.4 Å². The van der Waals surface area contributed by atoms with E-state index in [-0.39, 0.29) is 12.7 Å². The first-order valence-electron chi connectivity index (χ1n) is 6.28. The van der Waals surface area contributed by atoms with Crippen LogP contribution in [-0.4, -0.2) is 46.9 Å². The molecule has 1 aliphatic heterocycles. The third kappa shape index (κ3) is 3.20. The predicted molar refractivity (Wildman–Crippen MR) is 70.6 cm³/mol. The first-order chi connectivity index (χ1) is 8.72. The van der Waals surface area contributed by atoms with Gasteiger partial charge in [-0.1, -0.05) is 11.6 Å². The average molecular weight is 271 g/mol. The fourth-order valence-corrected chi connectivity index (χ4v) is 2.60. The third-order valence-corrected chi connectivity index (χ3v) is 3.72. The maximum atomic E-state index is 9.19. The van der Waals surface area contributed by atoms with Gasteiger partial charge in [-0.05, 0) is 25.5 Å². The number of ether oxygens (including phenoxy) is 1. The zero-order chi connectivity index (χ0) is 13.0. The first-order valence-corrected chi connectivity index (χ1v) is 6.66. The Morgan fingerprint density at radius 3 is 3.06 bits per heavy atom. The minimum Gasteiger partial charge on any atom is -0.395 e. The van der Waals surface area contributed by atoms with Gasteiger partial charge in [-0.2, -0.15) is 0 Å². The number of hydrogen-bond donors (Lipinski definition) is 1. The molecule has 1 aromatic rings. The van der Waals surface area contributed by atoms with Crippen LogP contribution in [0.25, 0.3) is 0 Å². The number of pyridine rings is 1. The predicted octanol–water partition coefficient (Wildman–Crippen LogP) is 1.71. The van der Waals surface area contributed by atoms with Crippen LogP contribution in [0.1, 0.15) is 19.0 Å². The number of nitrogens with zero attached hydrogens (tertiary/aromatic N) is 2. The molecule has 0 spiro atoms. The summed E-state index contributed by atoms with van der Waals surface area (Å²) in [7, 11) is 0. The summed E-state index contributed by atoms with van der Waals surface area (Å²) in [6, 6.07) is 3.99. The highest BCUT2D eigenvalue weighted by atomic mass is 35.5. The Balaban J connectivity index is 2.08. The highest BCUT2D eigenvalue weighted by Gasteiger charge is 2.30. The molecule has 1 saturated heterocycles. The summed E-state index contributed by atoms with van der Waals surface area (Å²) in [5.74, 6) is 0. The molecule has 18 heavy (non-hydrogen) atoms. The lowest BCUT2D eigenvalue weighted by Crippen LogP contribution is -2.41. The van der Waals surface area contributed by atoms with E-state index >= 15 is 0 Å². The number of rotatable bonds is 5. The summed E-state index contributed by atoms with van der Waals surface area (Å²) in [6.45, 7) is 4.25. The number of aromatic nitrogens is 1. The van der Waals surface area contributed by atoms with Crippen LogP contribution in [0.2, 0.25) is 5.02 Å². The Morgan fingerprint density at radius 2 is 2.44 bits per heavy atom. The van der Waals surface area contributed by atoms with Gasteiger partial charge in [-0.3, -0.25) is 9.88 Å². The fraction of sp³-hybridized carbons (Fsp3) is 0.615. The van der Waals surface area contributed by atoms with E-state index in [1.54, 1.807) is 6.20 Å². The lowest BCUT2D eigenvalue weighted by molar-refractivity contribution is 0.0616. The Kier molecular flexibility index (Phi) is 4.95. The summed E-state index contributed by atoms with van der Waals surface area (Å²) < 4.78 is 5.58. The van der Waals surface area contributed by atoms with Crippen LogP contribution in [0.4, 0.5) is 0 Å². The van der Waals surface area contributed by atoms with Crippen molar-refractivity contribution in [2.45, 2.75) is 32.0 Å². The summed E-state index contributed by atoms with van der Waals surface area (Å²) >= 11 is 6.13. The van der Waals surface area contributed by atoms with Gasteiger partial charge in [0.2, 0.25) is 0 Å². The standard InChI is InChI=1S/C13H19ClN2O2/c1-10-13(4-8-18-10)16(6-7-17)9-12-11(14)3-2-5-15-12/h2-3,5,10,13,17H,4,6-9H2,1H3. The average Bonchev–Trinajstić information content (AvgIpc) is 2.78. The van der Waals surface area contributed by atoms with Gasteiger partial charge in [-0.15, -0.1) is 0 Å². The molecule has 2 rings (SSSR count). The summed E-state index contributed by atoms with van der Waals surface area (Å²) in [5.41, 5.74) is 0.853. The lowest BCUT2D eigenvalue weighted by Gasteiger charge is -2.29. The van der Waals surface area contributed by atoms with E-state index in [1.807, 2.05) is 12.1 Å². The molecule has 0 aromatic carbocycles. The molecule has 2 heterocycles. The zero-order valence-corrected chi connectivity index (χ0v) is 11.3. The Morgan fingerprint density at radius 1 is 1.61 bits per heavy atom. The molecule has 5 heteroatoms. The van der Waals surface area contributed by atoms with Crippen molar-refractivity contribution in [3.05, 3.63) is 29.0 Å². The molecule has 4 nitrogen and oxygen atoms in total. The summed E-state index contributed by atoms with van der Waals surface area (Å²) in [4.78, 5) is 6.50. The van der Waals surface area contributed by atoms with Gasteiger partial charge < -0.3 is 9.84 Å². The van der Waals surface area contributed by atoms with Gasteiger partial charge >= 0.3 is 0 Å². The van der Waals surface area contributed by atoms with Crippen molar-refractivity contribution in [2.24, 2.45) is 0 Å². The van der Waals surface area contributed by atoms with E-state index in [0.717, 1.165) is 18.7 Å². The molecule has 0 radical (unpaired) electrons. The SMILES string of the molecule is CC1OCCC1N(CCO)Cc1ncccc1Cl. The molecule has 2 atom stereocenters. The zero-order valence-electron chi connectivity index (χ0n) is 10.6. The Bertz CT molecular complexity index is 389. The van der Waals surface area contributed by atoms with Crippen molar-refractivity contribution in [1.29, 1.82) is 0 Å². The van der Waals surface area contributed by atoms with Crippen molar-refractivity contribution in [3.63, 3.8) is 0 Å². The van der Waals surface area contributed by atoms with E-state index in [4.69, 9.17) is 16.3 Å². The molecule has 1 N–H and O–H groups in total. The minimum absolute atomic E-state index is 0.133.